The Morgan fingerprint density at radius 3 is 2.41 bits per heavy atom. The number of nitrogens with one attached hydrogen (secondary N) is 1. The minimum absolute atomic E-state index is 0.0890. The van der Waals surface area contributed by atoms with Gasteiger partial charge >= 0.3 is 0 Å². The first kappa shape index (κ1) is 26.2. The van der Waals surface area contributed by atoms with Gasteiger partial charge < -0.3 is 5.32 Å². The van der Waals surface area contributed by atoms with Crippen LogP contribution < -0.4 is 10.9 Å². The van der Waals surface area contributed by atoms with Crippen LogP contribution in [0.5, 0.6) is 0 Å². The highest BCUT2D eigenvalue weighted by atomic mass is 32.2. The average molecular weight is 522 g/mol. The summed E-state index contributed by atoms with van der Waals surface area (Å²) in [7, 11) is 0. The van der Waals surface area contributed by atoms with Gasteiger partial charge in [-0.05, 0) is 73.0 Å². The molecular weight excluding hydrogens is 496 g/mol. The van der Waals surface area contributed by atoms with Crippen LogP contribution in [0.15, 0.2) is 76.7 Å². The number of aromatic nitrogens is 2. The van der Waals surface area contributed by atoms with E-state index in [0.717, 1.165) is 18.2 Å². The fourth-order valence-corrected chi connectivity index (χ4v) is 4.58. The van der Waals surface area contributed by atoms with E-state index < -0.39 is 17.2 Å². The molecule has 0 atom stereocenters. The van der Waals surface area contributed by atoms with Crippen molar-refractivity contribution in [2.45, 2.75) is 25.4 Å². The van der Waals surface area contributed by atoms with E-state index in [1.165, 1.54) is 59.2 Å². The average Bonchev–Trinajstić information content (AvgIpc) is 2.87. The largest absolute Gasteiger partial charge is 0.352 e. The van der Waals surface area contributed by atoms with Crippen molar-refractivity contribution < 1.29 is 18.4 Å². The van der Waals surface area contributed by atoms with Gasteiger partial charge in [-0.1, -0.05) is 31.7 Å². The number of rotatable bonds is 9. The molecule has 4 aromatic rings. The fourth-order valence-electron chi connectivity index (χ4n) is 3.67. The van der Waals surface area contributed by atoms with E-state index in [2.05, 4.69) is 24.1 Å². The third-order valence-electron chi connectivity index (χ3n) is 5.67. The standard InChI is InChI=1S/C28H25F2N3O3S/c1-17(2)12-13-31-26(35)19-8-11-23-24(14-19)32-28(33(27(23)36)22-5-3-4-21(30)15-22)37-16-25(34)18-6-9-20(29)10-7-18/h3-11,14-15,17H,12-13,16H2,1-2H3,(H,31,35). The molecule has 37 heavy (non-hydrogen) atoms. The van der Waals surface area contributed by atoms with Gasteiger partial charge in [-0.25, -0.2) is 13.8 Å². The lowest BCUT2D eigenvalue weighted by Gasteiger charge is -2.14. The maximum absolute atomic E-state index is 14.0. The Bertz CT molecular complexity index is 1520. The first-order valence-electron chi connectivity index (χ1n) is 11.8. The molecule has 6 nitrogen and oxygen atoms in total. The quantitative estimate of drug-likeness (QED) is 0.181. The van der Waals surface area contributed by atoms with E-state index in [4.69, 9.17) is 0 Å². The molecule has 1 aromatic heterocycles. The summed E-state index contributed by atoms with van der Waals surface area (Å²) in [4.78, 5) is 43.4. The summed E-state index contributed by atoms with van der Waals surface area (Å²) in [5, 5.41) is 3.27. The van der Waals surface area contributed by atoms with Gasteiger partial charge in [0.1, 0.15) is 11.6 Å². The zero-order chi connectivity index (χ0) is 26.5. The van der Waals surface area contributed by atoms with Gasteiger partial charge in [-0.3, -0.25) is 19.0 Å². The predicted octanol–water partition coefficient (Wildman–Crippen LogP) is 5.41. The topological polar surface area (TPSA) is 81.1 Å². The number of carbonyl (C=O) groups is 2. The number of hydrogen-bond donors (Lipinski definition) is 1. The molecule has 0 aliphatic rings. The number of halogens is 2. The van der Waals surface area contributed by atoms with Crippen molar-refractivity contribution in [3.63, 3.8) is 0 Å². The number of Topliss-reactive ketones (excluding diaryl/α,β-unsaturated/α-hetero) is 1. The number of amides is 1. The van der Waals surface area contributed by atoms with E-state index in [1.807, 2.05) is 0 Å². The van der Waals surface area contributed by atoms with E-state index in [9.17, 15) is 23.2 Å². The van der Waals surface area contributed by atoms with Crippen molar-refractivity contribution in [1.82, 2.24) is 14.9 Å². The van der Waals surface area contributed by atoms with Gasteiger partial charge in [0.25, 0.3) is 11.5 Å². The Kier molecular flexibility index (Phi) is 8.13. The van der Waals surface area contributed by atoms with Crippen LogP contribution in [-0.4, -0.2) is 33.5 Å². The molecule has 0 aliphatic heterocycles. The highest BCUT2D eigenvalue weighted by molar-refractivity contribution is 7.99. The van der Waals surface area contributed by atoms with Crippen LogP contribution in [0, 0.1) is 17.6 Å². The van der Waals surface area contributed by atoms with Crippen LogP contribution in [0.1, 0.15) is 41.0 Å². The lowest BCUT2D eigenvalue weighted by atomic mass is 10.1. The van der Waals surface area contributed by atoms with Crippen LogP contribution >= 0.6 is 11.8 Å². The van der Waals surface area contributed by atoms with Crippen molar-refractivity contribution in [1.29, 1.82) is 0 Å². The number of hydrogen-bond acceptors (Lipinski definition) is 5. The van der Waals surface area contributed by atoms with Crippen molar-refractivity contribution in [3.05, 3.63) is 99.8 Å². The minimum Gasteiger partial charge on any atom is -0.352 e. The SMILES string of the molecule is CC(C)CCNC(=O)c1ccc2c(=O)n(-c3cccc(F)c3)c(SCC(=O)c3ccc(F)cc3)nc2c1. The first-order valence-corrected chi connectivity index (χ1v) is 12.7. The Morgan fingerprint density at radius 1 is 0.973 bits per heavy atom. The lowest BCUT2D eigenvalue weighted by molar-refractivity contribution is 0.0951. The molecule has 1 heterocycles. The zero-order valence-electron chi connectivity index (χ0n) is 20.3. The maximum atomic E-state index is 14.0. The van der Waals surface area contributed by atoms with Crippen molar-refractivity contribution in [3.8, 4) is 5.69 Å². The molecule has 0 fully saturated rings. The van der Waals surface area contributed by atoms with Crippen LogP contribution in [0.3, 0.4) is 0 Å². The molecule has 0 unspecified atom stereocenters. The van der Waals surface area contributed by atoms with Gasteiger partial charge in [0.15, 0.2) is 10.9 Å². The summed E-state index contributed by atoms with van der Waals surface area (Å²) in [6, 6.07) is 15.3. The van der Waals surface area contributed by atoms with Crippen LogP contribution in [0.25, 0.3) is 16.6 Å². The molecule has 0 aliphatic carbocycles. The second-order valence-corrected chi connectivity index (χ2v) is 9.85. The molecule has 0 radical (unpaired) electrons. The summed E-state index contributed by atoms with van der Waals surface area (Å²) < 4.78 is 28.5. The third-order valence-corrected chi connectivity index (χ3v) is 6.61. The third kappa shape index (κ3) is 6.29. The molecule has 4 rings (SSSR count). The fraction of sp³-hybridized carbons (Fsp3) is 0.214. The number of ketones is 1. The second kappa shape index (κ2) is 11.5. The molecule has 1 N–H and O–H groups in total. The van der Waals surface area contributed by atoms with Gasteiger partial charge in [-0.15, -0.1) is 0 Å². The Morgan fingerprint density at radius 2 is 1.70 bits per heavy atom. The van der Waals surface area contributed by atoms with Crippen LogP contribution in [-0.2, 0) is 0 Å². The summed E-state index contributed by atoms with van der Waals surface area (Å²) in [6.07, 6.45) is 0.832. The number of fused-ring (bicyclic) bond motifs is 1. The molecule has 9 heteroatoms. The van der Waals surface area contributed by atoms with E-state index in [0.29, 0.717) is 23.6 Å². The second-order valence-electron chi connectivity index (χ2n) is 8.90. The minimum atomic E-state index is -0.531. The molecule has 190 valence electrons. The van der Waals surface area contributed by atoms with E-state index in [1.54, 1.807) is 12.1 Å². The Labute approximate surface area is 216 Å². The van der Waals surface area contributed by atoms with Gasteiger partial charge in [0.2, 0.25) is 0 Å². The van der Waals surface area contributed by atoms with Gasteiger partial charge in [0.05, 0.1) is 22.3 Å². The Hall–Kier alpha value is -3.85. The molecule has 0 bridgehead atoms. The zero-order valence-corrected chi connectivity index (χ0v) is 21.1. The summed E-state index contributed by atoms with van der Waals surface area (Å²) in [5.41, 5.74) is 0.747. The Balaban J connectivity index is 1.72. The van der Waals surface area contributed by atoms with Gasteiger partial charge in [0, 0.05) is 17.7 Å². The number of carbonyl (C=O) groups excluding carboxylic acids is 2. The summed E-state index contributed by atoms with van der Waals surface area (Å²) in [5.74, 6) is -1.20. The summed E-state index contributed by atoms with van der Waals surface area (Å²) >= 11 is 1.00. The number of benzene rings is 3. The predicted molar refractivity (Wildman–Crippen MR) is 141 cm³/mol. The normalized spacial score (nSPS) is 11.2. The monoisotopic (exact) mass is 521 g/mol. The molecule has 3 aromatic carbocycles. The highest BCUT2D eigenvalue weighted by Crippen LogP contribution is 2.23. The summed E-state index contributed by atoms with van der Waals surface area (Å²) in [6.45, 7) is 4.65. The molecular formula is C28H25F2N3O3S. The number of thioether (sulfide) groups is 1. The van der Waals surface area contributed by atoms with E-state index in [-0.39, 0.29) is 39.2 Å². The van der Waals surface area contributed by atoms with Crippen molar-refractivity contribution >= 4 is 34.4 Å². The molecule has 1 amide bonds. The van der Waals surface area contributed by atoms with Gasteiger partial charge in [-0.2, -0.15) is 0 Å². The highest BCUT2D eigenvalue weighted by Gasteiger charge is 2.17. The van der Waals surface area contributed by atoms with Crippen LogP contribution in [0.2, 0.25) is 0 Å². The maximum Gasteiger partial charge on any atom is 0.266 e. The van der Waals surface area contributed by atoms with Crippen molar-refractivity contribution in [2.24, 2.45) is 5.92 Å². The first-order chi connectivity index (χ1) is 17.7. The van der Waals surface area contributed by atoms with Crippen molar-refractivity contribution in [2.75, 3.05) is 12.3 Å². The lowest BCUT2D eigenvalue weighted by Crippen LogP contribution is -2.26. The molecule has 0 spiro atoms. The molecule has 0 saturated carbocycles. The van der Waals surface area contributed by atoms with E-state index >= 15 is 0 Å². The van der Waals surface area contributed by atoms with Crippen LogP contribution in [0.4, 0.5) is 8.78 Å². The molecule has 0 saturated heterocycles. The number of nitrogens with zero attached hydrogens (tertiary/aromatic N) is 2. The smallest absolute Gasteiger partial charge is 0.266 e.